The first kappa shape index (κ1) is 18.6. The maximum absolute atomic E-state index is 12.3. The van der Waals surface area contributed by atoms with Gasteiger partial charge in [-0.3, -0.25) is 9.59 Å². The first-order chi connectivity index (χ1) is 13.5. The van der Waals surface area contributed by atoms with Crippen LogP contribution in [0.2, 0.25) is 0 Å². The summed E-state index contributed by atoms with van der Waals surface area (Å²) in [6.45, 7) is 10.2. The number of hydrogen-bond acceptors (Lipinski definition) is 5. The summed E-state index contributed by atoms with van der Waals surface area (Å²) < 4.78 is 7.75. The van der Waals surface area contributed by atoms with E-state index in [0.717, 1.165) is 35.6 Å². The van der Waals surface area contributed by atoms with Gasteiger partial charge in [0.2, 0.25) is 11.8 Å². The van der Waals surface area contributed by atoms with E-state index in [1.165, 1.54) is 0 Å². The van der Waals surface area contributed by atoms with E-state index in [9.17, 15) is 9.59 Å². The van der Waals surface area contributed by atoms with E-state index in [1.807, 2.05) is 17.9 Å². The lowest BCUT2D eigenvalue weighted by atomic mass is 10.1. The Morgan fingerprint density at radius 2 is 2.21 bits per heavy atom. The van der Waals surface area contributed by atoms with Gasteiger partial charge < -0.3 is 14.5 Å². The summed E-state index contributed by atoms with van der Waals surface area (Å²) in [4.78, 5) is 32.5. The molecule has 8 nitrogen and oxygen atoms in total. The molecule has 2 aromatic heterocycles. The second-order valence-electron chi connectivity index (χ2n) is 7.48. The normalized spacial score (nSPS) is 20.2. The number of hydrogen-bond donors (Lipinski definition) is 0. The molecule has 0 aliphatic carbocycles. The van der Waals surface area contributed by atoms with E-state index < -0.39 is 0 Å². The third-order valence-corrected chi connectivity index (χ3v) is 5.41. The molecule has 4 rings (SSSR count). The van der Waals surface area contributed by atoms with Crippen molar-refractivity contribution in [3.05, 3.63) is 41.4 Å². The molecule has 2 aliphatic heterocycles. The lowest BCUT2D eigenvalue weighted by molar-refractivity contribution is -0.135. The maximum atomic E-state index is 12.3. The molecule has 2 aromatic rings. The van der Waals surface area contributed by atoms with E-state index in [4.69, 9.17) is 4.74 Å². The zero-order valence-electron chi connectivity index (χ0n) is 16.3. The van der Waals surface area contributed by atoms with E-state index >= 15 is 0 Å². The predicted molar refractivity (Wildman–Crippen MR) is 102 cm³/mol. The molecule has 1 unspecified atom stereocenters. The van der Waals surface area contributed by atoms with Gasteiger partial charge in [0.1, 0.15) is 6.10 Å². The van der Waals surface area contributed by atoms with Gasteiger partial charge in [-0.1, -0.05) is 6.58 Å². The minimum Gasteiger partial charge on any atom is -0.368 e. The van der Waals surface area contributed by atoms with E-state index in [1.54, 1.807) is 22.5 Å². The maximum Gasteiger partial charge on any atom is 0.249 e. The van der Waals surface area contributed by atoms with Crippen LogP contribution in [0.5, 0.6) is 0 Å². The fourth-order valence-corrected chi connectivity index (χ4v) is 3.89. The molecule has 2 amide bonds. The number of aromatic nitrogens is 3. The van der Waals surface area contributed by atoms with Crippen molar-refractivity contribution in [2.24, 2.45) is 0 Å². The molecule has 0 aromatic carbocycles. The highest BCUT2D eigenvalue weighted by molar-refractivity contribution is 5.92. The average molecular weight is 383 g/mol. The monoisotopic (exact) mass is 383 g/mol. The van der Waals surface area contributed by atoms with Gasteiger partial charge in [-0.25, -0.2) is 9.50 Å². The number of carbonyl (C=O) groups is 2. The Kier molecular flexibility index (Phi) is 4.89. The first-order valence-corrected chi connectivity index (χ1v) is 9.63. The molecule has 148 valence electrons. The van der Waals surface area contributed by atoms with Crippen LogP contribution in [0.3, 0.4) is 0 Å². The van der Waals surface area contributed by atoms with E-state index in [2.05, 4.69) is 16.7 Å². The molecule has 2 fully saturated rings. The van der Waals surface area contributed by atoms with Crippen LogP contribution >= 0.6 is 0 Å². The summed E-state index contributed by atoms with van der Waals surface area (Å²) in [6, 6.07) is 1.88. The van der Waals surface area contributed by atoms with Gasteiger partial charge in [-0.2, -0.15) is 5.10 Å². The van der Waals surface area contributed by atoms with Crippen molar-refractivity contribution in [1.82, 2.24) is 24.4 Å². The summed E-state index contributed by atoms with van der Waals surface area (Å²) in [5.41, 5.74) is 3.93. The molecule has 2 saturated heterocycles. The molecular formula is C20H25N5O3. The minimum absolute atomic E-state index is 0.0523. The van der Waals surface area contributed by atoms with Gasteiger partial charge in [-0.05, 0) is 26.3 Å². The molecule has 4 heterocycles. The van der Waals surface area contributed by atoms with Crippen LogP contribution in [0, 0.1) is 6.92 Å². The van der Waals surface area contributed by atoms with E-state index in [0.29, 0.717) is 38.2 Å². The molecule has 0 radical (unpaired) electrons. The molecule has 2 aliphatic rings. The van der Waals surface area contributed by atoms with Crippen molar-refractivity contribution in [3.8, 4) is 0 Å². The zero-order valence-corrected chi connectivity index (χ0v) is 16.3. The SMILES string of the molecule is C=C(C)C(=O)N1CCOC(c2ccnc3c(CN4CCCC4=O)c(C)nn23)C1. The van der Waals surface area contributed by atoms with Crippen LogP contribution in [0.15, 0.2) is 24.4 Å². The molecule has 8 heteroatoms. The first-order valence-electron chi connectivity index (χ1n) is 9.63. The number of amides is 2. The highest BCUT2D eigenvalue weighted by Crippen LogP contribution is 2.26. The zero-order chi connectivity index (χ0) is 19.8. The highest BCUT2D eigenvalue weighted by Gasteiger charge is 2.29. The lowest BCUT2D eigenvalue weighted by Gasteiger charge is -2.33. The van der Waals surface area contributed by atoms with Crippen LogP contribution in [0.4, 0.5) is 0 Å². The van der Waals surface area contributed by atoms with Gasteiger partial charge >= 0.3 is 0 Å². The van der Waals surface area contributed by atoms with Crippen molar-refractivity contribution in [2.75, 3.05) is 26.2 Å². The number of carbonyl (C=O) groups excluding carboxylic acids is 2. The Balaban J connectivity index is 1.65. The predicted octanol–water partition coefficient (Wildman–Crippen LogP) is 1.64. The number of nitrogens with zero attached hydrogens (tertiary/aromatic N) is 5. The Morgan fingerprint density at radius 3 is 2.93 bits per heavy atom. The largest absolute Gasteiger partial charge is 0.368 e. The van der Waals surface area contributed by atoms with Gasteiger partial charge in [0.05, 0.1) is 31.1 Å². The number of rotatable bonds is 4. The molecular weight excluding hydrogens is 358 g/mol. The third kappa shape index (κ3) is 3.28. The Bertz CT molecular complexity index is 951. The van der Waals surface area contributed by atoms with Gasteiger partial charge in [-0.15, -0.1) is 0 Å². The molecule has 0 spiro atoms. The van der Waals surface area contributed by atoms with Crippen LogP contribution < -0.4 is 0 Å². The van der Waals surface area contributed by atoms with Crippen molar-refractivity contribution >= 4 is 17.5 Å². The van der Waals surface area contributed by atoms with E-state index in [-0.39, 0.29) is 17.9 Å². The number of likely N-dealkylation sites (tertiary alicyclic amines) is 1. The third-order valence-electron chi connectivity index (χ3n) is 5.41. The number of ether oxygens (including phenoxy) is 1. The topological polar surface area (TPSA) is 80.0 Å². The Labute approximate surface area is 163 Å². The smallest absolute Gasteiger partial charge is 0.249 e. The standard InChI is InChI=1S/C20H25N5O3/c1-13(2)20(27)24-9-10-28-17(12-24)16-6-7-21-19-15(14(3)22-25(16)19)11-23-8-4-5-18(23)26/h6-7,17H,1,4-5,8-12H2,2-3H3. The summed E-state index contributed by atoms with van der Waals surface area (Å²) in [5.74, 6) is 0.128. The van der Waals surface area contributed by atoms with Crippen LogP contribution in [-0.2, 0) is 20.9 Å². The summed E-state index contributed by atoms with van der Waals surface area (Å²) in [6.07, 6.45) is 2.96. The fourth-order valence-electron chi connectivity index (χ4n) is 3.89. The fraction of sp³-hybridized carbons (Fsp3) is 0.500. The second-order valence-corrected chi connectivity index (χ2v) is 7.48. The van der Waals surface area contributed by atoms with Crippen molar-refractivity contribution in [2.45, 2.75) is 39.3 Å². The number of aryl methyl sites for hydroxylation is 1. The molecule has 0 bridgehead atoms. The summed E-state index contributed by atoms with van der Waals surface area (Å²) in [7, 11) is 0. The minimum atomic E-state index is -0.289. The average Bonchev–Trinajstić information content (AvgIpc) is 3.24. The summed E-state index contributed by atoms with van der Waals surface area (Å²) in [5, 5.41) is 4.68. The molecule has 0 saturated carbocycles. The van der Waals surface area contributed by atoms with Crippen LogP contribution in [0.1, 0.15) is 42.8 Å². The van der Waals surface area contributed by atoms with Crippen molar-refractivity contribution < 1.29 is 14.3 Å². The van der Waals surface area contributed by atoms with Crippen LogP contribution in [-0.4, -0.2) is 62.5 Å². The number of morpholine rings is 1. The van der Waals surface area contributed by atoms with Crippen molar-refractivity contribution in [3.63, 3.8) is 0 Å². The van der Waals surface area contributed by atoms with Crippen molar-refractivity contribution in [1.29, 1.82) is 0 Å². The molecule has 0 N–H and O–H groups in total. The van der Waals surface area contributed by atoms with Gasteiger partial charge in [0.15, 0.2) is 5.65 Å². The quantitative estimate of drug-likeness (QED) is 0.750. The van der Waals surface area contributed by atoms with Gasteiger partial charge in [0, 0.05) is 36.8 Å². The lowest BCUT2D eigenvalue weighted by Crippen LogP contribution is -2.42. The highest BCUT2D eigenvalue weighted by atomic mass is 16.5. The Hall–Kier alpha value is -2.74. The molecule has 28 heavy (non-hydrogen) atoms. The van der Waals surface area contributed by atoms with Gasteiger partial charge in [0.25, 0.3) is 0 Å². The Morgan fingerprint density at radius 1 is 1.39 bits per heavy atom. The summed E-state index contributed by atoms with van der Waals surface area (Å²) >= 11 is 0. The second kappa shape index (κ2) is 7.35. The molecule has 1 atom stereocenters. The van der Waals surface area contributed by atoms with Crippen LogP contribution in [0.25, 0.3) is 5.65 Å². The number of fused-ring (bicyclic) bond motifs is 1.